The molecule has 0 saturated carbocycles. The molecule has 2 aromatic carbocycles. The van der Waals surface area contributed by atoms with Crippen LogP contribution in [0.25, 0.3) is 11.1 Å². The van der Waals surface area contributed by atoms with E-state index in [9.17, 15) is 0 Å². The molecule has 138 valence electrons. The number of oxazole rings is 1. The van der Waals surface area contributed by atoms with Crippen molar-refractivity contribution >= 4 is 16.8 Å². The SMILES string of the molecule is CCN1C(=C=CCc2oc3ccc(C)cc3[n+]2CC)Oc2ccc(C)cc21. The second-order valence-electron chi connectivity index (χ2n) is 6.89. The highest BCUT2D eigenvalue weighted by atomic mass is 16.5. The lowest BCUT2D eigenvalue weighted by Crippen LogP contribution is -2.35. The molecule has 1 aliphatic heterocycles. The summed E-state index contributed by atoms with van der Waals surface area (Å²) < 4.78 is 14.3. The van der Waals surface area contributed by atoms with Gasteiger partial charge in [-0.05, 0) is 63.1 Å². The molecule has 1 aromatic heterocycles. The Balaban J connectivity index is 1.65. The summed E-state index contributed by atoms with van der Waals surface area (Å²) in [7, 11) is 0. The van der Waals surface area contributed by atoms with Gasteiger partial charge in [0.2, 0.25) is 11.5 Å². The zero-order chi connectivity index (χ0) is 19.0. The monoisotopic (exact) mass is 361 g/mol. The minimum atomic E-state index is 0.668. The first-order valence-corrected chi connectivity index (χ1v) is 9.53. The minimum Gasteiger partial charge on any atom is -0.432 e. The van der Waals surface area contributed by atoms with Crippen LogP contribution in [0.4, 0.5) is 5.69 Å². The quantitative estimate of drug-likeness (QED) is 0.493. The average molecular weight is 361 g/mol. The molecular formula is C23H25N2O2+. The molecule has 27 heavy (non-hydrogen) atoms. The maximum absolute atomic E-state index is 6.07. The first kappa shape index (κ1) is 17.4. The third-order valence-corrected chi connectivity index (χ3v) is 4.93. The number of rotatable bonds is 4. The van der Waals surface area contributed by atoms with Crippen molar-refractivity contribution < 1.29 is 13.7 Å². The van der Waals surface area contributed by atoms with Crippen LogP contribution in [-0.4, -0.2) is 6.54 Å². The lowest BCUT2D eigenvalue weighted by atomic mass is 10.2. The van der Waals surface area contributed by atoms with E-state index in [4.69, 9.17) is 9.15 Å². The highest BCUT2D eigenvalue weighted by Gasteiger charge is 2.25. The number of hydrogen-bond acceptors (Lipinski definition) is 3. The second kappa shape index (κ2) is 6.98. The topological polar surface area (TPSA) is 29.5 Å². The number of allylic oxidation sites excluding steroid dienone is 1. The van der Waals surface area contributed by atoms with Gasteiger partial charge in [-0.3, -0.25) is 0 Å². The maximum atomic E-state index is 6.07. The van der Waals surface area contributed by atoms with Gasteiger partial charge in [-0.2, -0.15) is 4.57 Å². The van der Waals surface area contributed by atoms with Crippen LogP contribution in [0.5, 0.6) is 5.75 Å². The van der Waals surface area contributed by atoms with Gasteiger partial charge in [0.05, 0.1) is 12.1 Å². The molecule has 4 nitrogen and oxygen atoms in total. The van der Waals surface area contributed by atoms with Gasteiger partial charge in [-0.25, -0.2) is 0 Å². The Morgan fingerprint density at radius 2 is 1.85 bits per heavy atom. The fourth-order valence-corrected chi connectivity index (χ4v) is 3.58. The molecule has 0 fully saturated rings. The van der Waals surface area contributed by atoms with E-state index < -0.39 is 0 Å². The van der Waals surface area contributed by atoms with E-state index in [2.05, 4.69) is 67.2 Å². The highest BCUT2D eigenvalue weighted by molar-refractivity contribution is 5.70. The Kier molecular flexibility index (Phi) is 4.51. The number of aryl methyl sites for hydroxylation is 3. The highest BCUT2D eigenvalue weighted by Crippen LogP contribution is 2.38. The van der Waals surface area contributed by atoms with Gasteiger partial charge in [0.25, 0.3) is 5.52 Å². The van der Waals surface area contributed by atoms with Gasteiger partial charge in [0, 0.05) is 12.6 Å². The number of aromatic nitrogens is 1. The fraction of sp³-hybridized carbons (Fsp3) is 0.304. The lowest BCUT2D eigenvalue weighted by molar-refractivity contribution is -0.680. The number of hydrogen-bond donors (Lipinski definition) is 0. The van der Waals surface area contributed by atoms with Gasteiger partial charge < -0.3 is 14.1 Å². The van der Waals surface area contributed by atoms with Crippen LogP contribution >= 0.6 is 0 Å². The predicted molar refractivity (Wildman–Crippen MR) is 107 cm³/mol. The molecule has 0 aliphatic carbocycles. The van der Waals surface area contributed by atoms with E-state index >= 15 is 0 Å². The van der Waals surface area contributed by atoms with Gasteiger partial charge in [-0.1, -0.05) is 17.9 Å². The molecule has 0 radical (unpaired) electrons. The van der Waals surface area contributed by atoms with Crippen LogP contribution < -0.4 is 14.2 Å². The van der Waals surface area contributed by atoms with Gasteiger partial charge in [-0.15, -0.1) is 0 Å². The van der Waals surface area contributed by atoms with Crippen LogP contribution in [0.1, 0.15) is 30.9 Å². The van der Waals surface area contributed by atoms with E-state index in [-0.39, 0.29) is 0 Å². The molecule has 0 spiro atoms. The fourth-order valence-electron chi connectivity index (χ4n) is 3.58. The lowest BCUT2D eigenvalue weighted by Gasteiger charge is -2.13. The molecule has 0 unspecified atom stereocenters. The second-order valence-corrected chi connectivity index (χ2v) is 6.89. The summed E-state index contributed by atoms with van der Waals surface area (Å²) in [5, 5.41) is 0. The number of fused-ring (bicyclic) bond motifs is 2. The van der Waals surface area contributed by atoms with E-state index in [1.54, 1.807) is 0 Å². The van der Waals surface area contributed by atoms with Crippen molar-refractivity contribution in [2.75, 3.05) is 11.4 Å². The third-order valence-electron chi connectivity index (χ3n) is 4.93. The summed E-state index contributed by atoms with van der Waals surface area (Å²) in [5.41, 5.74) is 8.96. The first-order valence-electron chi connectivity index (χ1n) is 9.53. The largest absolute Gasteiger partial charge is 0.432 e. The van der Waals surface area contributed by atoms with Crippen molar-refractivity contribution in [3.63, 3.8) is 0 Å². The zero-order valence-electron chi connectivity index (χ0n) is 16.4. The molecule has 4 heteroatoms. The maximum Gasteiger partial charge on any atom is 0.352 e. The van der Waals surface area contributed by atoms with Crippen molar-refractivity contribution in [2.45, 2.75) is 40.7 Å². The van der Waals surface area contributed by atoms with E-state index in [1.165, 1.54) is 11.1 Å². The molecule has 2 heterocycles. The number of benzene rings is 2. The molecule has 0 saturated heterocycles. The predicted octanol–water partition coefficient (Wildman–Crippen LogP) is 4.81. The Labute approximate surface area is 160 Å². The summed E-state index contributed by atoms with van der Waals surface area (Å²) in [6.45, 7) is 10.2. The number of anilines is 1. The Morgan fingerprint density at radius 3 is 2.63 bits per heavy atom. The van der Waals surface area contributed by atoms with Crippen LogP contribution in [0.15, 0.2) is 58.5 Å². The molecular weight excluding hydrogens is 336 g/mol. The molecule has 3 aromatic rings. The van der Waals surface area contributed by atoms with E-state index in [1.807, 2.05) is 18.2 Å². The Bertz CT molecular complexity index is 1070. The summed E-state index contributed by atoms with van der Waals surface area (Å²) >= 11 is 0. The van der Waals surface area contributed by atoms with E-state index in [0.717, 1.165) is 47.4 Å². The minimum absolute atomic E-state index is 0.668. The van der Waals surface area contributed by atoms with Gasteiger partial charge in [0.15, 0.2) is 5.75 Å². The normalized spacial score (nSPS) is 12.9. The third kappa shape index (κ3) is 3.13. The average Bonchev–Trinajstić information content (AvgIpc) is 3.18. The molecule has 0 amide bonds. The smallest absolute Gasteiger partial charge is 0.352 e. The summed E-state index contributed by atoms with van der Waals surface area (Å²) in [6, 6.07) is 12.5. The van der Waals surface area contributed by atoms with E-state index in [0.29, 0.717) is 6.42 Å². The molecule has 0 bridgehead atoms. The van der Waals surface area contributed by atoms with Crippen LogP contribution in [0.2, 0.25) is 0 Å². The van der Waals surface area contributed by atoms with Crippen LogP contribution in [0.3, 0.4) is 0 Å². The van der Waals surface area contributed by atoms with Crippen molar-refractivity contribution in [1.82, 2.24) is 0 Å². The number of ether oxygens (including phenoxy) is 1. The standard InChI is InChI=1S/C23H25N2O2/c1-5-24-18-14-16(3)10-12-20(18)26-22(24)8-7-9-23-25(6-2)19-15-17(4)11-13-21(19)27-23/h7,10-15H,5-6,8H2,1-4H3/q+1. The van der Waals surface area contributed by atoms with Gasteiger partial charge in [0.1, 0.15) is 6.54 Å². The first-order chi connectivity index (χ1) is 13.1. The van der Waals surface area contributed by atoms with Crippen molar-refractivity contribution in [2.24, 2.45) is 0 Å². The van der Waals surface area contributed by atoms with Crippen molar-refractivity contribution in [1.29, 1.82) is 0 Å². The van der Waals surface area contributed by atoms with Gasteiger partial charge >= 0.3 is 5.89 Å². The molecule has 1 aliphatic rings. The summed E-state index contributed by atoms with van der Waals surface area (Å²) in [6.07, 6.45) is 2.66. The van der Waals surface area contributed by atoms with Crippen molar-refractivity contribution in [3.8, 4) is 5.75 Å². The van der Waals surface area contributed by atoms with Crippen LogP contribution in [0, 0.1) is 13.8 Å². The van der Waals surface area contributed by atoms with Crippen molar-refractivity contribution in [3.05, 3.63) is 71.1 Å². The zero-order valence-corrected chi connectivity index (χ0v) is 16.4. The number of nitrogens with zero attached hydrogens (tertiary/aromatic N) is 2. The molecule has 0 N–H and O–H groups in total. The summed E-state index contributed by atoms with van der Waals surface area (Å²) in [5.74, 6) is 2.56. The van der Waals surface area contributed by atoms with Crippen LogP contribution in [-0.2, 0) is 13.0 Å². The summed E-state index contributed by atoms with van der Waals surface area (Å²) in [4.78, 5) is 2.15. The molecule has 4 rings (SSSR count). The Morgan fingerprint density at radius 1 is 1.07 bits per heavy atom. The molecule has 0 atom stereocenters. The Hall–Kier alpha value is -2.97.